The van der Waals surface area contributed by atoms with Gasteiger partial charge in [-0.3, -0.25) is 13.8 Å². The van der Waals surface area contributed by atoms with Gasteiger partial charge in [0.15, 0.2) is 5.15 Å². The molecule has 9 nitrogen and oxygen atoms in total. The molecule has 0 unspecified atom stereocenters. The Bertz CT molecular complexity index is 1400. The molecule has 2 heterocycles. The van der Waals surface area contributed by atoms with Crippen molar-refractivity contribution < 1.29 is 35.9 Å². The first-order valence-electron chi connectivity index (χ1n) is 12.1. The molecule has 0 spiro atoms. The highest BCUT2D eigenvalue weighted by molar-refractivity contribution is 7.93. The minimum Gasteiger partial charge on any atom is -0.486 e. The number of nitriles is 1. The summed E-state index contributed by atoms with van der Waals surface area (Å²) in [6.45, 7) is 8.63. The highest BCUT2D eigenvalue weighted by atomic mass is 35.5. The highest BCUT2D eigenvalue weighted by Gasteiger charge is 2.51. The monoisotopic (exact) mass is 590 g/mol. The van der Waals surface area contributed by atoms with Crippen LogP contribution in [0.1, 0.15) is 53.5 Å². The number of fused-ring (bicyclic) bond motifs is 1. The quantitative estimate of drug-likeness (QED) is 0.385. The number of alkyl halides is 3. The summed E-state index contributed by atoms with van der Waals surface area (Å²) in [5.74, 6) is -0.987. The van der Waals surface area contributed by atoms with Crippen LogP contribution >= 0.6 is 11.6 Å². The van der Waals surface area contributed by atoms with Crippen molar-refractivity contribution in [2.75, 3.05) is 4.31 Å². The Hall–Kier alpha value is -2.98. The van der Waals surface area contributed by atoms with Gasteiger partial charge in [0.1, 0.15) is 16.7 Å². The number of nitrogens with zero attached hydrogens (tertiary/aromatic N) is 4. The van der Waals surface area contributed by atoms with Crippen LogP contribution in [0.25, 0.3) is 0 Å². The first-order valence-corrected chi connectivity index (χ1v) is 13.9. The highest BCUT2D eigenvalue weighted by Crippen LogP contribution is 2.43. The molecule has 0 fully saturated rings. The molecule has 3 rings (SSSR count). The summed E-state index contributed by atoms with van der Waals surface area (Å²) < 4.78 is 80.7. The van der Waals surface area contributed by atoms with E-state index in [-0.39, 0.29) is 33.5 Å². The third-order valence-electron chi connectivity index (χ3n) is 6.41. The number of sulfonamides is 1. The van der Waals surface area contributed by atoms with Crippen LogP contribution in [0.3, 0.4) is 0 Å². The van der Waals surface area contributed by atoms with Crippen molar-refractivity contribution in [2.45, 2.75) is 89.7 Å². The average molecular weight is 591 g/mol. The Morgan fingerprint density at radius 3 is 2.44 bits per heavy atom. The van der Waals surface area contributed by atoms with Crippen LogP contribution in [-0.4, -0.2) is 48.1 Å². The third-order valence-corrected chi connectivity index (χ3v) is 8.70. The maximum Gasteiger partial charge on any atom is 0.427 e. The molecular formula is C25H30ClF3N4O5S. The van der Waals surface area contributed by atoms with Crippen LogP contribution in [0.15, 0.2) is 29.3 Å². The Balaban J connectivity index is 2.07. The first-order chi connectivity index (χ1) is 17.8. The Morgan fingerprint density at radius 2 is 1.90 bits per heavy atom. The molecule has 214 valence electrons. The van der Waals surface area contributed by atoms with E-state index >= 15 is 0 Å². The zero-order valence-corrected chi connectivity index (χ0v) is 23.9. The summed E-state index contributed by atoms with van der Waals surface area (Å²) in [5.41, 5.74) is -3.28. The van der Waals surface area contributed by atoms with Crippen LogP contribution < -0.4 is 9.04 Å². The van der Waals surface area contributed by atoms with Gasteiger partial charge >= 0.3 is 12.1 Å². The first kappa shape index (κ1) is 30.6. The fourth-order valence-corrected chi connectivity index (χ4v) is 6.19. The summed E-state index contributed by atoms with van der Waals surface area (Å²) in [4.78, 5) is 12.1. The van der Waals surface area contributed by atoms with Crippen molar-refractivity contribution in [2.24, 2.45) is 5.41 Å². The number of rotatable bonds is 8. The van der Waals surface area contributed by atoms with E-state index in [1.165, 1.54) is 29.1 Å². The van der Waals surface area contributed by atoms with Gasteiger partial charge in [-0.25, -0.2) is 8.42 Å². The van der Waals surface area contributed by atoms with Crippen molar-refractivity contribution in [3.63, 3.8) is 0 Å². The second-order valence-corrected chi connectivity index (χ2v) is 12.6. The molecule has 0 amide bonds. The number of aromatic nitrogens is 2. The average Bonchev–Trinajstić information content (AvgIpc) is 3.20. The van der Waals surface area contributed by atoms with E-state index in [0.717, 1.165) is 18.2 Å². The second kappa shape index (κ2) is 10.5. The van der Waals surface area contributed by atoms with Crippen LogP contribution in [0.2, 0.25) is 5.15 Å². The molecule has 0 saturated carbocycles. The number of carbonyl (C=O) groups is 1. The number of aryl methyl sites for hydroxylation is 1. The normalized spacial score (nSPS) is 18.2. The predicted octanol–water partition coefficient (Wildman–Crippen LogP) is 5.27. The molecule has 1 aromatic carbocycles. The lowest BCUT2D eigenvalue weighted by Crippen LogP contribution is -2.52. The lowest BCUT2D eigenvalue weighted by molar-refractivity contribution is -0.257. The molecule has 39 heavy (non-hydrogen) atoms. The summed E-state index contributed by atoms with van der Waals surface area (Å²) in [6, 6.07) is 5.59. The van der Waals surface area contributed by atoms with E-state index < -0.39 is 51.8 Å². The smallest absolute Gasteiger partial charge is 0.427 e. The SMILES string of the molecule is CCn1cc(S(=O)(=O)N2c3cc(CC(=O)OC(C)(C)C(F)(F)F)ccc3O[C@H](CC(C)(C)C#N)[C@H]2C)c(Cl)n1. The molecule has 1 aromatic heterocycles. The fourth-order valence-electron chi connectivity index (χ4n) is 4.05. The molecule has 14 heteroatoms. The van der Waals surface area contributed by atoms with Gasteiger partial charge in [0, 0.05) is 19.2 Å². The van der Waals surface area contributed by atoms with Gasteiger partial charge in [-0.1, -0.05) is 17.7 Å². The van der Waals surface area contributed by atoms with Crippen LogP contribution in [-0.2, 0) is 32.5 Å². The van der Waals surface area contributed by atoms with Gasteiger partial charge in [-0.05, 0) is 59.2 Å². The van der Waals surface area contributed by atoms with Crippen molar-refractivity contribution >= 4 is 33.3 Å². The second-order valence-electron chi connectivity index (χ2n) is 10.5. The van der Waals surface area contributed by atoms with E-state index in [4.69, 9.17) is 16.3 Å². The molecule has 0 saturated heterocycles. The largest absolute Gasteiger partial charge is 0.486 e. The molecule has 0 bridgehead atoms. The number of hydrogen-bond acceptors (Lipinski definition) is 7. The van der Waals surface area contributed by atoms with Crippen LogP contribution in [0.5, 0.6) is 5.75 Å². The van der Waals surface area contributed by atoms with Crippen LogP contribution in [0, 0.1) is 16.7 Å². The maximum atomic E-state index is 14.0. The molecule has 0 N–H and O–H groups in total. The summed E-state index contributed by atoms with van der Waals surface area (Å²) in [7, 11) is -4.34. The standard InChI is InChI=1S/C25H30ClF3N4O5S/c1-7-32-13-20(22(26)31-32)39(35,36)33-15(2)19(12-23(3,4)14-30)37-18-9-8-16(10-17(18)33)11-21(34)38-24(5,6)25(27,28)29/h8-10,13,15,19H,7,11-12H2,1-6H3/t15-,19-/m1/s1. The molecule has 0 radical (unpaired) electrons. The summed E-state index contributed by atoms with van der Waals surface area (Å²) >= 11 is 6.20. The van der Waals surface area contributed by atoms with Gasteiger partial charge in [0.2, 0.25) is 5.60 Å². The number of anilines is 1. The van der Waals surface area contributed by atoms with Crippen molar-refractivity contribution in [1.82, 2.24) is 9.78 Å². The number of esters is 1. The third kappa shape index (κ3) is 6.27. The molecule has 2 atom stereocenters. The number of hydrogen-bond donors (Lipinski definition) is 0. The van der Waals surface area contributed by atoms with Crippen molar-refractivity contribution in [3.8, 4) is 11.8 Å². The molecule has 2 aromatic rings. The van der Waals surface area contributed by atoms with E-state index in [9.17, 15) is 31.6 Å². The lowest BCUT2D eigenvalue weighted by Gasteiger charge is -2.42. The van der Waals surface area contributed by atoms with Gasteiger partial charge < -0.3 is 9.47 Å². The molecule has 0 aliphatic carbocycles. The fraction of sp³-hybridized carbons (Fsp3) is 0.560. The zero-order chi connectivity index (χ0) is 29.6. The summed E-state index contributed by atoms with van der Waals surface area (Å²) in [6.07, 6.45) is -4.56. The number of carbonyl (C=O) groups excluding carboxylic acids is 1. The van der Waals surface area contributed by atoms with Crippen molar-refractivity contribution in [1.29, 1.82) is 5.26 Å². The topological polar surface area (TPSA) is 115 Å². The van der Waals surface area contributed by atoms with Gasteiger partial charge in [-0.2, -0.15) is 23.5 Å². The predicted molar refractivity (Wildman–Crippen MR) is 137 cm³/mol. The van der Waals surface area contributed by atoms with E-state index in [1.54, 1.807) is 27.7 Å². The molecular weight excluding hydrogens is 561 g/mol. The van der Waals surface area contributed by atoms with Crippen molar-refractivity contribution in [3.05, 3.63) is 35.1 Å². The molecule has 1 aliphatic heterocycles. The number of benzene rings is 1. The Morgan fingerprint density at radius 1 is 1.26 bits per heavy atom. The van der Waals surface area contributed by atoms with Gasteiger partial charge in [0.05, 0.1) is 29.6 Å². The minimum absolute atomic E-state index is 0.0641. The summed E-state index contributed by atoms with van der Waals surface area (Å²) in [5, 5.41) is 13.3. The van der Waals surface area contributed by atoms with E-state index in [1.807, 2.05) is 0 Å². The van der Waals surface area contributed by atoms with Gasteiger partial charge in [-0.15, -0.1) is 0 Å². The number of ether oxygens (including phenoxy) is 2. The van der Waals surface area contributed by atoms with E-state index in [2.05, 4.69) is 15.9 Å². The number of halogens is 4. The maximum absolute atomic E-state index is 14.0. The minimum atomic E-state index is -4.78. The molecule has 1 aliphatic rings. The Kier molecular flexibility index (Phi) is 8.26. The lowest BCUT2D eigenvalue weighted by atomic mass is 9.86. The zero-order valence-electron chi connectivity index (χ0n) is 22.3. The van der Waals surface area contributed by atoms with Crippen LogP contribution in [0.4, 0.5) is 18.9 Å². The van der Waals surface area contributed by atoms with Gasteiger partial charge in [0.25, 0.3) is 10.0 Å². The van der Waals surface area contributed by atoms with E-state index in [0.29, 0.717) is 6.54 Å². The Labute approximate surface area is 230 Å².